The second-order valence-electron chi connectivity index (χ2n) is 3.59. The number of nitrogens with one attached hydrogen (secondary N) is 1. The summed E-state index contributed by atoms with van der Waals surface area (Å²) in [5, 5.41) is 2.95. The predicted molar refractivity (Wildman–Crippen MR) is 65.2 cm³/mol. The average Bonchev–Trinajstić information content (AvgIpc) is 2.26. The Hall–Kier alpha value is -0.940. The lowest BCUT2D eigenvalue weighted by Gasteiger charge is -2.09. The maximum atomic E-state index is 12.5. The Bertz CT molecular complexity index is 388. The molecule has 1 rings (SSSR count). The molecule has 5 heteroatoms. The maximum Gasteiger partial charge on any atom is 0.416 e. The van der Waals surface area contributed by atoms with Gasteiger partial charge in [0.25, 0.3) is 0 Å². The van der Waals surface area contributed by atoms with Crippen LogP contribution in [0.2, 0.25) is 0 Å². The summed E-state index contributed by atoms with van der Waals surface area (Å²) in [6.07, 6.45) is -4.28. The van der Waals surface area contributed by atoms with Gasteiger partial charge in [-0.3, -0.25) is 0 Å². The van der Waals surface area contributed by atoms with Crippen molar-refractivity contribution in [3.8, 4) is 0 Å². The molecule has 0 aromatic heterocycles. The SMILES string of the molecule is C=C(CNC)CSc1cccc(C(F)(F)F)c1. The van der Waals surface area contributed by atoms with E-state index in [-0.39, 0.29) is 0 Å². The molecule has 17 heavy (non-hydrogen) atoms. The molecule has 94 valence electrons. The zero-order valence-corrected chi connectivity index (χ0v) is 10.3. The van der Waals surface area contributed by atoms with E-state index in [0.717, 1.165) is 17.7 Å². The van der Waals surface area contributed by atoms with E-state index in [9.17, 15) is 13.2 Å². The van der Waals surface area contributed by atoms with Gasteiger partial charge in [-0.25, -0.2) is 0 Å². The molecule has 0 unspecified atom stereocenters. The van der Waals surface area contributed by atoms with Crippen LogP contribution in [0.3, 0.4) is 0 Å². The number of halogens is 3. The van der Waals surface area contributed by atoms with Gasteiger partial charge in [-0.1, -0.05) is 18.2 Å². The van der Waals surface area contributed by atoms with Gasteiger partial charge in [-0.05, 0) is 25.2 Å². The van der Waals surface area contributed by atoms with Crippen molar-refractivity contribution in [3.63, 3.8) is 0 Å². The second-order valence-corrected chi connectivity index (χ2v) is 4.64. The molecule has 0 aliphatic carbocycles. The van der Waals surface area contributed by atoms with Crippen LogP contribution in [0.1, 0.15) is 5.56 Å². The first-order valence-corrected chi connectivity index (χ1v) is 6.03. The molecule has 1 nitrogen and oxygen atoms in total. The Morgan fingerprint density at radius 1 is 1.41 bits per heavy atom. The molecule has 0 heterocycles. The van der Waals surface area contributed by atoms with E-state index in [0.29, 0.717) is 17.2 Å². The van der Waals surface area contributed by atoms with Crippen molar-refractivity contribution < 1.29 is 13.2 Å². The summed E-state index contributed by atoms with van der Waals surface area (Å²) in [7, 11) is 1.81. The summed E-state index contributed by atoms with van der Waals surface area (Å²) in [5.74, 6) is 0.613. The van der Waals surface area contributed by atoms with Crippen molar-refractivity contribution in [1.82, 2.24) is 5.32 Å². The summed E-state index contributed by atoms with van der Waals surface area (Å²) in [5.41, 5.74) is 0.344. The minimum absolute atomic E-state index is 0.608. The zero-order valence-electron chi connectivity index (χ0n) is 9.47. The van der Waals surface area contributed by atoms with Crippen LogP contribution < -0.4 is 5.32 Å². The van der Waals surface area contributed by atoms with Crippen molar-refractivity contribution in [2.24, 2.45) is 0 Å². The Kier molecular flexibility index (Phi) is 5.08. The molecule has 0 bridgehead atoms. The fourth-order valence-electron chi connectivity index (χ4n) is 1.25. The van der Waals surface area contributed by atoms with Gasteiger partial charge in [-0.2, -0.15) is 13.2 Å². The molecule has 0 fully saturated rings. The lowest BCUT2D eigenvalue weighted by molar-refractivity contribution is -0.137. The van der Waals surface area contributed by atoms with Crippen molar-refractivity contribution in [2.75, 3.05) is 19.3 Å². The Labute approximate surface area is 103 Å². The summed E-state index contributed by atoms with van der Waals surface area (Å²) >= 11 is 1.36. The van der Waals surface area contributed by atoms with Gasteiger partial charge < -0.3 is 5.32 Å². The van der Waals surface area contributed by atoms with E-state index in [1.165, 1.54) is 17.8 Å². The normalized spacial score (nSPS) is 11.5. The van der Waals surface area contributed by atoms with Crippen molar-refractivity contribution in [1.29, 1.82) is 0 Å². The van der Waals surface area contributed by atoms with E-state index < -0.39 is 11.7 Å². The number of rotatable bonds is 5. The van der Waals surface area contributed by atoms with E-state index in [2.05, 4.69) is 11.9 Å². The number of hydrogen-bond donors (Lipinski definition) is 1. The molecule has 1 aromatic carbocycles. The highest BCUT2D eigenvalue weighted by molar-refractivity contribution is 7.99. The monoisotopic (exact) mass is 261 g/mol. The molecular formula is C12H14F3NS. The quantitative estimate of drug-likeness (QED) is 0.642. The van der Waals surface area contributed by atoms with E-state index in [1.807, 2.05) is 0 Å². The van der Waals surface area contributed by atoms with Gasteiger partial charge in [-0.15, -0.1) is 11.8 Å². The lowest BCUT2D eigenvalue weighted by Crippen LogP contribution is -2.10. The summed E-state index contributed by atoms with van der Waals surface area (Å²) in [4.78, 5) is 0.608. The van der Waals surface area contributed by atoms with E-state index in [4.69, 9.17) is 0 Å². The molecule has 0 radical (unpaired) electrons. The third-order valence-corrected chi connectivity index (χ3v) is 3.17. The molecule has 0 aliphatic heterocycles. The van der Waals surface area contributed by atoms with E-state index in [1.54, 1.807) is 13.1 Å². The highest BCUT2D eigenvalue weighted by Gasteiger charge is 2.30. The number of alkyl halides is 3. The van der Waals surface area contributed by atoms with Crippen LogP contribution >= 0.6 is 11.8 Å². The molecule has 1 N–H and O–H groups in total. The minimum atomic E-state index is -4.28. The standard InChI is InChI=1S/C12H14F3NS/c1-9(7-16-2)8-17-11-5-3-4-10(6-11)12(13,14)15/h3-6,16H,1,7-8H2,2H3. The predicted octanol–water partition coefficient (Wildman–Crippen LogP) is 3.57. The summed E-state index contributed by atoms with van der Waals surface area (Å²) in [6.45, 7) is 4.50. The molecule has 0 amide bonds. The molecule has 1 aromatic rings. The zero-order chi connectivity index (χ0) is 12.9. The molecule has 0 aliphatic rings. The van der Waals surface area contributed by atoms with Gasteiger partial charge in [0, 0.05) is 17.2 Å². The highest BCUT2D eigenvalue weighted by Crippen LogP contribution is 2.32. The average molecular weight is 261 g/mol. The Morgan fingerprint density at radius 2 is 2.12 bits per heavy atom. The first kappa shape index (κ1) is 14.1. The van der Waals surface area contributed by atoms with Crippen molar-refractivity contribution >= 4 is 11.8 Å². The third kappa shape index (κ3) is 4.83. The van der Waals surface area contributed by atoms with Gasteiger partial charge in [0.1, 0.15) is 0 Å². The first-order chi connectivity index (χ1) is 7.93. The Morgan fingerprint density at radius 3 is 2.71 bits per heavy atom. The fourth-order valence-corrected chi connectivity index (χ4v) is 2.11. The van der Waals surface area contributed by atoms with Gasteiger partial charge in [0.05, 0.1) is 5.56 Å². The fraction of sp³-hybridized carbons (Fsp3) is 0.333. The molecule has 0 saturated heterocycles. The van der Waals surface area contributed by atoms with Crippen LogP contribution in [0.4, 0.5) is 13.2 Å². The lowest BCUT2D eigenvalue weighted by atomic mass is 10.2. The third-order valence-electron chi connectivity index (χ3n) is 2.03. The largest absolute Gasteiger partial charge is 0.416 e. The number of hydrogen-bond acceptors (Lipinski definition) is 2. The van der Waals surface area contributed by atoms with Crippen LogP contribution in [0, 0.1) is 0 Å². The van der Waals surface area contributed by atoms with Gasteiger partial charge >= 0.3 is 6.18 Å². The van der Waals surface area contributed by atoms with Crippen LogP contribution in [0.5, 0.6) is 0 Å². The Balaban J connectivity index is 2.64. The molecule has 0 atom stereocenters. The van der Waals surface area contributed by atoms with Crippen molar-refractivity contribution in [2.45, 2.75) is 11.1 Å². The van der Waals surface area contributed by atoms with Crippen LogP contribution in [0.15, 0.2) is 41.3 Å². The van der Waals surface area contributed by atoms with Crippen LogP contribution in [-0.4, -0.2) is 19.3 Å². The van der Waals surface area contributed by atoms with Gasteiger partial charge in [0.2, 0.25) is 0 Å². The van der Waals surface area contributed by atoms with E-state index >= 15 is 0 Å². The smallest absolute Gasteiger partial charge is 0.316 e. The summed E-state index contributed by atoms with van der Waals surface area (Å²) < 4.78 is 37.4. The number of thioether (sulfide) groups is 1. The molecule has 0 saturated carbocycles. The second kappa shape index (κ2) is 6.12. The van der Waals surface area contributed by atoms with Gasteiger partial charge in [0.15, 0.2) is 0 Å². The molecule has 0 spiro atoms. The van der Waals surface area contributed by atoms with Crippen LogP contribution in [-0.2, 0) is 6.18 Å². The maximum absolute atomic E-state index is 12.5. The molecular weight excluding hydrogens is 247 g/mol. The number of likely N-dealkylation sites (N-methyl/N-ethyl adjacent to an activating group) is 1. The summed E-state index contributed by atoms with van der Waals surface area (Å²) in [6, 6.07) is 5.34. The number of benzene rings is 1. The highest BCUT2D eigenvalue weighted by atomic mass is 32.2. The first-order valence-electron chi connectivity index (χ1n) is 5.05. The van der Waals surface area contributed by atoms with Crippen molar-refractivity contribution in [3.05, 3.63) is 42.0 Å². The van der Waals surface area contributed by atoms with Crippen LogP contribution in [0.25, 0.3) is 0 Å². The topological polar surface area (TPSA) is 12.0 Å². The minimum Gasteiger partial charge on any atom is -0.316 e.